The molecule has 0 aliphatic heterocycles. The fourth-order valence-corrected chi connectivity index (χ4v) is 4.77. The first-order valence-electron chi connectivity index (χ1n) is 12.2. The van der Waals surface area contributed by atoms with Gasteiger partial charge in [0.25, 0.3) is 0 Å². The Balaban J connectivity index is 1.36. The molecule has 2 saturated carbocycles. The van der Waals surface area contributed by atoms with Gasteiger partial charge in [-0.15, -0.1) is 13.2 Å². The molecule has 2 fully saturated rings. The highest BCUT2D eigenvalue weighted by Gasteiger charge is 2.53. The van der Waals surface area contributed by atoms with Crippen molar-refractivity contribution < 1.29 is 36.6 Å². The SMILES string of the molecule is COC(=O)c1cc(NC(=O)C2(c3ccc(OC(F)(F)F)cc3F)CC2)ccc1-c1cnn(CC2CCC2)c1. The van der Waals surface area contributed by atoms with Gasteiger partial charge in [0.1, 0.15) is 11.6 Å². The van der Waals surface area contributed by atoms with E-state index in [9.17, 15) is 27.2 Å². The number of esters is 1. The van der Waals surface area contributed by atoms with Gasteiger partial charge in [-0.2, -0.15) is 5.10 Å². The maximum Gasteiger partial charge on any atom is 0.573 e. The van der Waals surface area contributed by atoms with E-state index in [4.69, 9.17) is 4.74 Å². The van der Waals surface area contributed by atoms with Crippen LogP contribution in [0.2, 0.25) is 0 Å². The number of anilines is 1. The Bertz CT molecular complexity index is 1380. The Morgan fingerprint density at radius 2 is 1.92 bits per heavy atom. The Hall–Kier alpha value is -3.89. The molecule has 0 saturated heterocycles. The van der Waals surface area contributed by atoms with Gasteiger partial charge in [-0.3, -0.25) is 9.48 Å². The molecule has 0 atom stereocenters. The monoisotopic (exact) mass is 531 g/mol. The van der Waals surface area contributed by atoms with Gasteiger partial charge in [-0.1, -0.05) is 18.6 Å². The first kappa shape index (κ1) is 25.7. The van der Waals surface area contributed by atoms with Crippen LogP contribution in [0.25, 0.3) is 11.1 Å². The minimum atomic E-state index is -4.96. The summed E-state index contributed by atoms with van der Waals surface area (Å²) in [6.07, 6.45) is 2.79. The first-order chi connectivity index (χ1) is 18.1. The van der Waals surface area contributed by atoms with Gasteiger partial charge in [0.05, 0.1) is 24.3 Å². The molecule has 2 aromatic carbocycles. The lowest BCUT2D eigenvalue weighted by Gasteiger charge is -2.24. The third kappa shape index (κ3) is 5.23. The topological polar surface area (TPSA) is 82.4 Å². The number of methoxy groups -OCH3 is 1. The molecule has 1 N–H and O–H groups in total. The van der Waals surface area contributed by atoms with Crippen molar-refractivity contribution in [2.75, 3.05) is 12.4 Å². The van der Waals surface area contributed by atoms with E-state index in [2.05, 4.69) is 15.2 Å². The van der Waals surface area contributed by atoms with Crippen molar-refractivity contribution >= 4 is 17.6 Å². The van der Waals surface area contributed by atoms with E-state index in [0.717, 1.165) is 24.2 Å². The zero-order chi connectivity index (χ0) is 27.1. The van der Waals surface area contributed by atoms with Crippen molar-refractivity contribution in [2.24, 2.45) is 5.92 Å². The third-order valence-electron chi connectivity index (χ3n) is 7.17. The molecule has 0 bridgehead atoms. The summed E-state index contributed by atoms with van der Waals surface area (Å²) in [5.74, 6) is -2.20. The number of halogens is 4. The van der Waals surface area contributed by atoms with Crippen LogP contribution in [0.5, 0.6) is 5.75 Å². The molecule has 11 heteroatoms. The number of amides is 1. The van der Waals surface area contributed by atoms with Gasteiger partial charge in [0, 0.05) is 35.6 Å². The molecule has 1 amide bonds. The van der Waals surface area contributed by atoms with Crippen molar-refractivity contribution in [2.45, 2.75) is 50.4 Å². The first-order valence-corrected chi connectivity index (χ1v) is 12.2. The highest BCUT2D eigenvalue weighted by Crippen LogP contribution is 2.50. The maximum atomic E-state index is 14.7. The number of hydrogen-bond donors (Lipinski definition) is 1. The number of ether oxygens (including phenoxy) is 2. The Labute approximate surface area is 215 Å². The van der Waals surface area contributed by atoms with E-state index in [-0.39, 0.29) is 11.1 Å². The van der Waals surface area contributed by atoms with Crippen LogP contribution in [0.3, 0.4) is 0 Å². The normalized spacial score (nSPS) is 16.4. The molecule has 2 aliphatic rings. The summed E-state index contributed by atoms with van der Waals surface area (Å²) in [5, 5.41) is 7.13. The summed E-state index contributed by atoms with van der Waals surface area (Å²) < 4.78 is 62.7. The maximum absolute atomic E-state index is 14.7. The van der Waals surface area contributed by atoms with Gasteiger partial charge < -0.3 is 14.8 Å². The van der Waals surface area contributed by atoms with E-state index < -0.39 is 35.2 Å². The van der Waals surface area contributed by atoms with Crippen LogP contribution in [0.4, 0.5) is 23.2 Å². The standard InChI is InChI=1S/C27H25F4N3O4/c1-37-24(35)21-11-18(5-7-20(21)17-13-32-34(15-17)14-16-3-2-4-16)33-25(36)26(9-10-26)22-8-6-19(12-23(22)28)38-27(29,30)31/h5-8,11-13,15-16H,2-4,9-10,14H2,1H3,(H,33,36). The second kappa shape index (κ2) is 9.77. The minimum Gasteiger partial charge on any atom is -0.465 e. The van der Waals surface area contributed by atoms with E-state index >= 15 is 0 Å². The number of hydrogen-bond acceptors (Lipinski definition) is 5. The van der Waals surface area contributed by atoms with Gasteiger partial charge in [0.15, 0.2) is 0 Å². The lowest BCUT2D eigenvalue weighted by molar-refractivity contribution is -0.274. The number of aromatic nitrogens is 2. The molecule has 2 aliphatic carbocycles. The predicted molar refractivity (Wildman–Crippen MR) is 129 cm³/mol. The average molecular weight is 532 g/mol. The summed E-state index contributed by atoms with van der Waals surface area (Å²) >= 11 is 0. The fraction of sp³-hybridized carbons (Fsp3) is 0.370. The number of benzene rings is 2. The van der Waals surface area contributed by atoms with E-state index in [1.54, 1.807) is 18.3 Å². The van der Waals surface area contributed by atoms with Crippen LogP contribution in [-0.2, 0) is 21.5 Å². The van der Waals surface area contributed by atoms with Gasteiger partial charge in [0.2, 0.25) is 5.91 Å². The van der Waals surface area contributed by atoms with Crippen molar-refractivity contribution in [1.82, 2.24) is 9.78 Å². The molecule has 5 rings (SSSR count). The van der Waals surface area contributed by atoms with Crippen molar-refractivity contribution in [3.63, 3.8) is 0 Å². The molecule has 1 aromatic heterocycles. The minimum absolute atomic E-state index is 0.0202. The zero-order valence-electron chi connectivity index (χ0n) is 20.5. The van der Waals surface area contributed by atoms with Crippen LogP contribution in [0, 0.1) is 11.7 Å². The fourth-order valence-electron chi connectivity index (χ4n) is 4.77. The molecular formula is C27H25F4N3O4. The molecule has 0 unspecified atom stereocenters. The van der Waals surface area contributed by atoms with Crippen LogP contribution >= 0.6 is 0 Å². The molecular weight excluding hydrogens is 506 g/mol. The lowest BCUT2D eigenvalue weighted by atomic mass is 9.85. The summed E-state index contributed by atoms with van der Waals surface area (Å²) in [7, 11) is 1.26. The van der Waals surface area contributed by atoms with Crippen molar-refractivity contribution in [3.8, 4) is 16.9 Å². The quantitative estimate of drug-likeness (QED) is 0.292. The van der Waals surface area contributed by atoms with Crippen LogP contribution < -0.4 is 10.1 Å². The Morgan fingerprint density at radius 3 is 2.53 bits per heavy atom. The number of rotatable bonds is 8. The molecule has 1 heterocycles. The molecule has 3 aromatic rings. The largest absolute Gasteiger partial charge is 0.573 e. The second-order valence-electron chi connectivity index (χ2n) is 9.73. The molecule has 0 radical (unpaired) electrons. The lowest BCUT2D eigenvalue weighted by Crippen LogP contribution is -2.29. The zero-order valence-corrected chi connectivity index (χ0v) is 20.5. The average Bonchev–Trinajstić information content (AvgIpc) is 3.51. The van der Waals surface area contributed by atoms with Gasteiger partial charge in [-0.25, -0.2) is 9.18 Å². The van der Waals surface area contributed by atoms with Crippen molar-refractivity contribution in [1.29, 1.82) is 0 Å². The number of nitrogens with zero attached hydrogens (tertiary/aromatic N) is 2. The number of carbonyl (C=O) groups excluding carboxylic acids is 2. The molecule has 0 spiro atoms. The van der Waals surface area contributed by atoms with Gasteiger partial charge >= 0.3 is 12.3 Å². The smallest absolute Gasteiger partial charge is 0.465 e. The van der Waals surface area contributed by atoms with Crippen molar-refractivity contribution in [3.05, 3.63) is 65.7 Å². The summed E-state index contributed by atoms with van der Waals surface area (Å²) in [6.45, 7) is 0.809. The van der Waals surface area contributed by atoms with E-state index in [1.165, 1.54) is 32.4 Å². The highest BCUT2D eigenvalue weighted by molar-refractivity contribution is 6.04. The van der Waals surface area contributed by atoms with Crippen LogP contribution in [0.1, 0.15) is 48.0 Å². The van der Waals surface area contributed by atoms with E-state index in [0.29, 0.717) is 36.1 Å². The second-order valence-corrected chi connectivity index (χ2v) is 9.73. The number of carbonyl (C=O) groups is 2. The predicted octanol–water partition coefficient (Wildman–Crippen LogP) is 5.84. The summed E-state index contributed by atoms with van der Waals surface area (Å²) in [6, 6.07) is 7.51. The molecule has 38 heavy (non-hydrogen) atoms. The summed E-state index contributed by atoms with van der Waals surface area (Å²) in [5.41, 5.74) is 0.580. The third-order valence-corrected chi connectivity index (χ3v) is 7.17. The molecule has 200 valence electrons. The van der Waals surface area contributed by atoms with Gasteiger partial charge in [-0.05, 0) is 55.4 Å². The van der Waals surface area contributed by atoms with E-state index in [1.807, 2.05) is 10.9 Å². The molecule has 7 nitrogen and oxygen atoms in total. The van der Waals surface area contributed by atoms with Crippen LogP contribution in [0.15, 0.2) is 48.8 Å². The number of alkyl halides is 3. The van der Waals surface area contributed by atoms with Crippen LogP contribution in [-0.4, -0.2) is 35.1 Å². The Morgan fingerprint density at radius 1 is 1.16 bits per heavy atom. The summed E-state index contributed by atoms with van der Waals surface area (Å²) in [4.78, 5) is 25.8. The Kier molecular flexibility index (Phi) is 6.62. The number of nitrogens with one attached hydrogen (secondary N) is 1. The highest BCUT2D eigenvalue weighted by atomic mass is 19.4.